The van der Waals surface area contributed by atoms with Gasteiger partial charge in [0.05, 0.1) is 17.2 Å². The molecule has 1 atom stereocenters. The molecule has 0 N–H and O–H groups in total. The second kappa shape index (κ2) is 9.78. The molecule has 1 aliphatic heterocycles. The van der Waals surface area contributed by atoms with Gasteiger partial charge >= 0.3 is 0 Å². The predicted octanol–water partition coefficient (Wildman–Crippen LogP) is 3.68. The first-order valence-electron chi connectivity index (χ1n) is 10.5. The molecule has 0 radical (unpaired) electrons. The highest BCUT2D eigenvalue weighted by molar-refractivity contribution is 7.12. The van der Waals surface area contributed by atoms with Crippen LogP contribution in [-0.4, -0.2) is 58.8 Å². The van der Waals surface area contributed by atoms with E-state index in [4.69, 9.17) is 9.84 Å². The molecule has 2 amide bonds. The van der Waals surface area contributed by atoms with Gasteiger partial charge in [-0.1, -0.05) is 26.8 Å². The van der Waals surface area contributed by atoms with Crippen molar-refractivity contribution >= 4 is 28.9 Å². The van der Waals surface area contributed by atoms with Crippen LogP contribution in [-0.2, 0) is 21.4 Å². The van der Waals surface area contributed by atoms with Crippen LogP contribution in [0.25, 0.3) is 0 Å². The fraction of sp³-hybridized carbons (Fsp3) is 0.522. The van der Waals surface area contributed by atoms with Crippen molar-refractivity contribution in [2.75, 3.05) is 26.8 Å². The average Bonchev–Trinajstić information content (AvgIpc) is 3.42. The lowest BCUT2D eigenvalue weighted by Gasteiger charge is -2.29. The largest absolute Gasteiger partial charge is 0.383 e. The smallest absolute Gasteiger partial charge is 0.262 e. The predicted molar refractivity (Wildman–Crippen MR) is 123 cm³/mol. The van der Waals surface area contributed by atoms with Crippen LogP contribution in [0.5, 0.6) is 0 Å². The highest BCUT2D eigenvalue weighted by Gasteiger charge is 2.36. The first kappa shape index (κ1) is 23.2. The topological polar surface area (TPSA) is 67.1 Å². The first-order valence-corrected chi connectivity index (χ1v) is 11.4. The van der Waals surface area contributed by atoms with Gasteiger partial charge in [-0.25, -0.2) is 5.01 Å². The highest BCUT2D eigenvalue weighted by atomic mass is 32.1. The third kappa shape index (κ3) is 5.83. The van der Waals surface area contributed by atoms with Crippen LogP contribution in [0.15, 0.2) is 40.9 Å². The van der Waals surface area contributed by atoms with Gasteiger partial charge in [0.15, 0.2) is 0 Å². The molecule has 0 aromatic carbocycles. The second-order valence-electron chi connectivity index (χ2n) is 9.07. The molecule has 1 unspecified atom stereocenters. The van der Waals surface area contributed by atoms with E-state index >= 15 is 0 Å². The Kier molecular flexibility index (Phi) is 7.33. The molecule has 2 aromatic heterocycles. The molecule has 0 saturated heterocycles. The molecule has 7 nitrogen and oxygen atoms in total. The van der Waals surface area contributed by atoms with E-state index in [0.29, 0.717) is 26.0 Å². The van der Waals surface area contributed by atoms with Crippen molar-refractivity contribution in [3.8, 4) is 0 Å². The molecule has 3 heterocycles. The number of hydrogen-bond acceptors (Lipinski definition) is 5. The molecule has 0 saturated carbocycles. The summed E-state index contributed by atoms with van der Waals surface area (Å²) in [6, 6.07) is 7.82. The minimum Gasteiger partial charge on any atom is -0.383 e. The summed E-state index contributed by atoms with van der Waals surface area (Å²) < 4.78 is 7.19. The molecular formula is C23H32N4O3S. The van der Waals surface area contributed by atoms with E-state index < -0.39 is 0 Å². The number of aryl methyl sites for hydroxylation is 1. The summed E-state index contributed by atoms with van der Waals surface area (Å²) in [5.74, 6) is -0.230. The van der Waals surface area contributed by atoms with Crippen molar-refractivity contribution in [1.29, 1.82) is 0 Å². The third-order valence-electron chi connectivity index (χ3n) is 5.22. The molecule has 0 aliphatic carbocycles. The Bertz CT molecular complexity index is 927. The van der Waals surface area contributed by atoms with Crippen molar-refractivity contribution < 1.29 is 14.3 Å². The maximum absolute atomic E-state index is 13.4. The Morgan fingerprint density at radius 2 is 2.06 bits per heavy atom. The van der Waals surface area contributed by atoms with Gasteiger partial charge in [-0.15, -0.1) is 11.3 Å². The van der Waals surface area contributed by atoms with Gasteiger partial charge in [0, 0.05) is 45.4 Å². The molecule has 0 bridgehead atoms. The molecule has 0 spiro atoms. The number of amides is 2. The number of methoxy groups -OCH3 is 1. The Morgan fingerprint density at radius 3 is 2.65 bits per heavy atom. The first-order chi connectivity index (χ1) is 14.7. The second-order valence-corrected chi connectivity index (χ2v) is 10.0. The van der Waals surface area contributed by atoms with Crippen molar-refractivity contribution in [2.45, 2.75) is 39.7 Å². The van der Waals surface area contributed by atoms with Crippen LogP contribution in [0.2, 0.25) is 0 Å². The quantitative estimate of drug-likeness (QED) is 0.624. The standard InChI is InChI=1S/C23H32N4O3S/c1-23(2,3)15-21(28)26(11-12-30-5)16-22(29)27-19(18-8-6-10-25(18)4)14-17(24-27)20-9-7-13-31-20/h6-10,13,19H,11-12,14-16H2,1-5H3. The van der Waals surface area contributed by atoms with Crippen molar-refractivity contribution in [1.82, 2.24) is 14.5 Å². The van der Waals surface area contributed by atoms with E-state index in [2.05, 4.69) is 0 Å². The lowest BCUT2D eigenvalue weighted by atomic mass is 9.91. The number of thiophene rings is 1. The maximum atomic E-state index is 13.4. The number of hydrazone groups is 1. The number of nitrogens with zero attached hydrogens (tertiary/aromatic N) is 4. The molecule has 2 aromatic rings. The molecule has 31 heavy (non-hydrogen) atoms. The molecule has 0 fully saturated rings. The van der Waals surface area contributed by atoms with Gasteiger partial charge in [0.2, 0.25) is 5.91 Å². The average molecular weight is 445 g/mol. The zero-order chi connectivity index (χ0) is 22.6. The van der Waals surface area contributed by atoms with Crippen LogP contribution in [0.1, 0.15) is 50.2 Å². The Labute approximate surface area is 188 Å². The lowest BCUT2D eigenvalue weighted by Crippen LogP contribution is -2.43. The maximum Gasteiger partial charge on any atom is 0.262 e. The Morgan fingerprint density at radius 1 is 1.29 bits per heavy atom. The van der Waals surface area contributed by atoms with Crippen LogP contribution in [0, 0.1) is 5.41 Å². The van der Waals surface area contributed by atoms with E-state index in [9.17, 15) is 9.59 Å². The van der Waals surface area contributed by atoms with Crippen LogP contribution in [0.4, 0.5) is 0 Å². The SMILES string of the molecule is COCCN(CC(=O)N1N=C(c2cccs2)CC1c1cccn1C)C(=O)CC(C)(C)C. The van der Waals surface area contributed by atoms with E-state index in [1.807, 2.05) is 68.2 Å². The number of hydrogen-bond donors (Lipinski definition) is 0. The Balaban J connectivity index is 1.83. The van der Waals surface area contributed by atoms with E-state index in [1.165, 1.54) is 0 Å². The van der Waals surface area contributed by atoms with E-state index in [0.717, 1.165) is 16.3 Å². The molecular weight excluding hydrogens is 412 g/mol. The molecule has 3 rings (SSSR count). The summed E-state index contributed by atoms with van der Waals surface area (Å²) in [7, 11) is 3.57. The van der Waals surface area contributed by atoms with Crippen LogP contribution in [0.3, 0.4) is 0 Å². The Hall–Kier alpha value is -2.45. The van der Waals surface area contributed by atoms with E-state index in [1.54, 1.807) is 28.4 Å². The van der Waals surface area contributed by atoms with Gasteiger partial charge in [-0.2, -0.15) is 5.10 Å². The number of carbonyl (C=O) groups excluding carboxylic acids is 2. The molecule has 8 heteroatoms. The van der Waals surface area contributed by atoms with Crippen LogP contribution < -0.4 is 0 Å². The number of carbonyl (C=O) groups is 2. The number of rotatable bonds is 8. The summed E-state index contributed by atoms with van der Waals surface area (Å²) in [5.41, 5.74) is 1.77. The lowest BCUT2D eigenvalue weighted by molar-refractivity contribution is -0.143. The van der Waals surface area contributed by atoms with Gasteiger partial charge in [0.1, 0.15) is 12.6 Å². The fourth-order valence-corrected chi connectivity index (χ4v) is 4.40. The summed E-state index contributed by atoms with van der Waals surface area (Å²) >= 11 is 1.62. The minimum atomic E-state index is -0.188. The van der Waals surface area contributed by atoms with Crippen molar-refractivity contribution in [3.05, 3.63) is 46.4 Å². The third-order valence-corrected chi connectivity index (χ3v) is 6.14. The highest BCUT2D eigenvalue weighted by Crippen LogP contribution is 2.34. The van der Waals surface area contributed by atoms with Gasteiger partial charge in [-0.05, 0) is 29.0 Å². The van der Waals surface area contributed by atoms with Gasteiger partial charge in [0.25, 0.3) is 5.91 Å². The molecule has 1 aliphatic rings. The zero-order valence-electron chi connectivity index (χ0n) is 19.0. The summed E-state index contributed by atoms with van der Waals surface area (Å²) in [6.45, 7) is 6.80. The monoisotopic (exact) mass is 444 g/mol. The molecule has 168 valence electrons. The minimum absolute atomic E-state index is 0.0135. The van der Waals surface area contributed by atoms with Gasteiger partial charge in [-0.3, -0.25) is 9.59 Å². The van der Waals surface area contributed by atoms with Crippen molar-refractivity contribution in [2.24, 2.45) is 17.6 Å². The normalized spacial score (nSPS) is 16.5. The number of ether oxygens (including phenoxy) is 1. The van der Waals surface area contributed by atoms with Crippen LogP contribution >= 0.6 is 11.3 Å². The summed E-state index contributed by atoms with van der Waals surface area (Å²) in [6.07, 6.45) is 2.99. The van der Waals surface area contributed by atoms with Gasteiger partial charge < -0.3 is 14.2 Å². The fourth-order valence-electron chi connectivity index (χ4n) is 3.68. The number of aromatic nitrogens is 1. The zero-order valence-corrected chi connectivity index (χ0v) is 19.8. The van der Waals surface area contributed by atoms with Crippen molar-refractivity contribution in [3.63, 3.8) is 0 Å². The van der Waals surface area contributed by atoms with E-state index in [-0.39, 0.29) is 29.8 Å². The summed E-state index contributed by atoms with van der Waals surface area (Å²) in [4.78, 5) is 29.0. The summed E-state index contributed by atoms with van der Waals surface area (Å²) in [5, 5.41) is 8.28.